The predicted molar refractivity (Wildman–Crippen MR) is 158 cm³/mol. The van der Waals surface area contributed by atoms with E-state index in [2.05, 4.69) is 5.32 Å². The fraction of sp³-hybridized carbons (Fsp3) is 0.355. The summed E-state index contributed by atoms with van der Waals surface area (Å²) in [7, 11) is -2.81. The van der Waals surface area contributed by atoms with Crippen LogP contribution in [0.1, 0.15) is 37.5 Å². The maximum Gasteiger partial charge on any atom is 0.264 e. The average Bonchev–Trinajstić information content (AvgIpc) is 2.93. The molecule has 0 saturated heterocycles. The number of rotatable bonds is 12. The topological polar surface area (TPSA) is 96.0 Å². The number of anilines is 1. The van der Waals surface area contributed by atoms with Crippen molar-refractivity contribution in [2.24, 2.45) is 5.92 Å². The molecule has 0 saturated carbocycles. The molecule has 3 aromatic carbocycles. The summed E-state index contributed by atoms with van der Waals surface area (Å²) in [5, 5.41) is 2.84. The standard InChI is InChI=1S/C31H38FN3O5S/c1-21(2)18-33-31(37)24(5)34(19-25-10-12-26(32)13-11-25)30(36)20-35(28-17-23(4)9-16-29(28)40-6)41(38,39)27-14-7-22(3)8-15-27/h7-17,21,24H,18-20H2,1-6H3,(H,33,37). The molecule has 0 aliphatic heterocycles. The highest BCUT2D eigenvalue weighted by atomic mass is 32.2. The molecule has 0 heterocycles. The molecule has 0 bridgehead atoms. The normalized spacial score (nSPS) is 12.1. The zero-order chi connectivity index (χ0) is 30.3. The van der Waals surface area contributed by atoms with Gasteiger partial charge in [0, 0.05) is 13.1 Å². The number of hydrogen-bond acceptors (Lipinski definition) is 5. The lowest BCUT2D eigenvalue weighted by Gasteiger charge is -2.32. The number of methoxy groups -OCH3 is 1. The Balaban J connectivity index is 2.08. The molecule has 0 radical (unpaired) electrons. The first-order valence-electron chi connectivity index (χ1n) is 13.4. The molecule has 1 N–H and O–H groups in total. The van der Waals surface area contributed by atoms with Crippen molar-refractivity contribution in [3.63, 3.8) is 0 Å². The van der Waals surface area contributed by atoms with Gasteiger partial charge in [0.05, 0.1) is 17.7 Å². The van der Waals surface area contributed by atoms with Gasteiger partial charge in [-0.2, -0.15) is 0 Å². The predicted octanol–water partition coefficient (Wildman–Crippen LogP) is 4.84. The number of nitrogens with zero attached hydrogens (tertiary/aromatic N) is 2. The summed E-state index contributed by atoms with van der Waals surface area (Å²) in [6.07, 6.45) is 0. The molecule has 1 unspecified atom stereocenters. The number of aryl methyl sites for hydroxylation is 2. The van der Waals surface area contributed by atoms with Crippen LogP contribution in [-0.2, 0) is 26.2 Å². The maximum atomic E-state index is 14.0. The van der Waals surface area contributed by atoms with Gasteiger partial charge in [0.2, 0.25) is 11.8 Å². The van der Waals surface area contributed by atoms with Crippen molar-refractivity contribution in [2.45, 2.75) is 52.1 Å². The van der Waals surface area contributed by atoms with Crippen molar-refractivity contribution in [3.05, 3.63) is 89.2 Å². The largest absolute Gasteiger partial charge is 0.495 e. The molecule has 8 nitrogen and oxygen atoms in total. The Labute approximate surface area is 242 Å². The van der Waals surface area contributed by atoms with Crippen LogP contribution < -0.4 is 14.4 Å². The highest BCUT2D eigenvalue weighted by Gasteiger charge is 2.34. The summed E-state index contributed by atoms with van der Waals surface area (Å²) in [5.74, 6) is -0.963. The van der Waals surface area contributed by atoms with E-state index in [9.17, 15) is 22.4 Å². The SMILES string of the molecule is COc1ccc(C)cc1N(CC(=O)N(Cc1ccc(F)cc1)C(C)C(=O)NCC(C)C)S(=O)(=O)c1ccc(C)cc1. The molecule has 2 amide bonds. The fourth-order valence-corrected chi connectivity index (χ4v) is 5.58. The zero-order valence-electron chi connectivity index (χ0n) is 24.3. The number of amides is 2. The Kier molecular flexibility index (Phi) is 10.5. The third-order valence-corrected chi connectivity index (χ3v) is 8.38. The third-order valence-electron chi connectivity index (χ3n) is 6.61. The summed E-state index contributed by atoms with van der Waals surface area (Å²) in [4.78, 5) is 28.4. The Morgan fingerprint density at radius 1 is 0.927 bits per heavy atom. The molecule has 1 atom stereocenters. The number of halogens is 1. The van der Waals surface area contributed by atoms with Gasteiger partial charge in [-0.05, 0) is 74.2 Å². The van der Waals surface area contributed by atoms with Gasteiger partial charge in [0.25, 0.3) is 10.0 Å². The number of carbonyl (C=O) groups excluding carboxylic acids is 2. The first kappa shape index (κ1) is 31.6. The van der Waals surface area contributed by atoms with E-state index in [0.29, 0.717) is 12.1 Å². The van der Waals surface area contributed by atoms with Crippen LogP contribution in [0.4, 0.5) is 10.1 Å². The van der Waals surface area contributed by atoms with Crippen molar-refractivity contribution in [1.82, 2.24) is 10.2 Å². The van der Waals surface area contributed by atoms with E-state index in [1.54, 1.807) is 37.3 Å². The average molecular weight is 584 g/mol. The Morgan fingerprint density at radius 2 is 1.54 bits per heavy atom. The molecular weight excluding hydrogens is 545 g/mol. The lowest BCUT2D eigenvalue weighted by Crippen LogP contribution is -2.51. The molecule has 220 valence electrons. The summed E-state index contributed by atoms with van der Waals surface area (Å²) in [6, 6.07) is 16.1. The van der Waals surface area contributed by atoms with Crippen LogP contribution in [0.25, 0.3) is 0 Å². The van der Waals surface area contributed by atoms with E-state index in [0.717, 1.165) is 15.4 Å². The van der Waals surface area contributed by atoms with Gasteiger partial charge in [-0.3, -0.25) is 13.9 Å². The first-order valence-corrected chi connectivity index (χ1v) is 14.8. The van der Waals surface area contributed by atoms with Crippen LogP contribution in [-0.4, -0.2) is 51.4 Å². The van der Waals surface area contributed by atoms with Crippen LogP contribution in [0, 0.1) is 25.6 Å². The first-order chi connectivity index (χ1) is 19.3. The molecular formula is C31H38FN3O5S. The van der Waals surface area contributed by atoms with Crippen LogP contribution in [0.15, 0.2) is 71.6 Å². The van der Waals surface area contributed by atoms with Crippen molar-refractivity contribution in [2.75, 3.05) is 24.5 Å². The van der Waals surface area contributed by atoms with E-state index in [1.807, 2.05) is 27.7 Å². The van der Waals surface area contributed by atoms with Crippen LogP contribution in [0.5, 0.6) is 5.75 Å². The van der Waals surface area contributed by atoms with E-state index in [1.165, 1.54) is 48.4 Å². The minimum atomic E-state index is -4.24. The second kappa shape index (κ2) is 13.6. The number of sulfonamides is 1. The van der Waals surface area contributed by atoms with Crippen LogP contribution >= 0.6 is 0 Å². The van der Waals surface area contributed by atoms with Gasteiger partial charge in [-0.25, -0.2) is 12.8 Å². The Bertz CT molecular complexity index is 1460. The monoisotopic (exact) mass is 583 g/mol. The van der Waals surface area contributed by atoms with Crippen molar-refractivity contribution in [3.8, 4) is 5.75 Å². The number of hydrogen-bond donors (Lipinski definition) is 1. The van der Waals surface area contributed by atoms with E-state index in [4.69, 9.17) is 4.74 Å². The third kappa shape index (κ3) is 8.07. The van der Waals surface area contributed by atoms with Crippen LogP contribution in [0.2, 0.25) is 0 Å². The number of carbonyl (C=O) groups is 2. The minimum Gasteiger partial charge on any atom is -0.495 e. The zero-order valence-corrected chi connectivity index (χ0v) is 25.2. The second-order valence-electron chi connectivity index (χ2n) is 10.5. The van der Waals surface area contributed by atoms with E-state index < -0.39 is 34.3 Å². The minimum absolute atomic E-state index is 0.00673. The second-order valence-corrected chi connectivity index (χ2v) is 12.3. The summed E-state index contributed by atoms with van der Waals surface area (Å²) in [5.41, 5.74) is 2.43. The molecule has 0 fully saturated rings. The van der Waals surface area contributed by atoms with Crippen molar-refractivity contribution in [1.29, 1.82) is 0 Å². The van der Waals surface area contributed by atoms with Gasteiger partial charge < -0.3 is 15.0 Å². The Morgan fingerprint density at radius 3 is 2.12 bits per heavy atom. The molecule has 0 aromatic heterocycles. The summed E-state index contributed by atoms with van der Waals surface area (Å²) >= 11 is 0. The van der Waals surface area contributed by atoms with E-state index in [-0.39, 0.29) is 34.7 Å². The quantitative estimate of drug-likeness (QED) is 0.329. The molecule has 3 aromatic rings. The van der Waals surface area contributed by atoms with Crippen molar-refractivity contribution < 1.29 is 27.1 Å². The van der Waals surface area contributed by atoms with Gasteiger partial charge in [0.15, 0.2) is 0 Å². The molecule has 41 heavy (non-hydrogen) atoms. The number of benzene rings is 3. The molecule has 0 aliphatic rings. The Hall–Kier alpha value is -3.92. The molecule has 3 rings (SSSR count). The number of ether oxygens (including phenoxy) is 1. The highest BCUT2D eigenvalue weighted by Crippen LogP contribution is 2.34. The smallest absolute Gasteiger partial charge is 0.264 e. The fourth-order valence-electron chi connectivity index (χ4n) is 4.17. The van der Waals surface area contributed by atoms with Gasteiger partial charge >= 0.3 is 0 Å². The van der Waals surface area contributed by atoms with Gasteiger partial charge in [-0.1, -0.05) is 49.7 Å². The lowest BCUT2D eigenvalue weighted by molar-refractivity contribution is -0.139. The molecule has 10 heteroatoms. The maximum absolute atomic E-state index is 14.0. The van der Waals surface area contributed by atoms with Gasteiger partial charge in [-0.15, -0.1) is 0 Å². The van der Waals surface area contributed by atoms with Gasteiger partial charge in [0.1, 0.15) is 24.2 Å². The lowest BCUT2D eigenvalue weighted by atomic mass is 10.1. The molecule has 0 aliphatic carbocycles. The highest BCUT2D eigenvalue weighted by molar-refractivity contribution is 7.92. The summed E-state index contributed by atoms with van der Waals surface area (Å²) < 4.78 is 48.2. The van der Waals surface area contributed by atoms with E-state index >= 15 is 0 Å². The van der Waals surface area contributed by atoms with Crippen molar-refractivity contribution >= 4 is 27.5 Å². The molecule has 0 spiro atoms. The number of nitrogens with one attached hydrogen (secondary N) is 1. The van der Waals surface area contributed by atoms with Crippen LogP contribution in [0.3, 0.4) is 0 Å². The summed E-state index contributed by atoms with van der Waals surface area (Å²) in [6.45, 7) is 8.94.